The molecule has 0 bridgehead atoms. The minimum absolute atomic E-state index is 0.0432. The summed E-state index contributed by atoms with van der Waals surface area (Å²) < 4.78 is 8.43. The maximum atomic E-state index is 12.7. The number of hydrogen-bond acceptors (Lipinski definition) is 8. The van der Waals surface area contributed by atoms with Crippen molar-refractivity contribution in [1.29, 1.82) is 0 Å². The number of aromatic hydroxyl groups is 1. The number of phenolic OH excluding ortho intramolecular Hbond substituents is 1. The first-order chi connectivity index (χ1) is 17.9. The number of ether oxygens (including phenoxy) is 1. The molecule has 2 heterocycles. The van der Waals surface area contributed by atoms with Crippen LogP contribution in [0.15, 0.2) is 81.4 Å². The van der Waals surface area contributed by atoms with Gasteiger partial charge in [0.05, 0.1) is 12.8 Å². The second-order valence-corrected chi connectivity index (χ2v) is 8.44. The number of nitrogens with one attached hydrogen (secondary N) is 2. The summed E-state index contributed by atoms with van der Waals surface area (Å²) in [4.78, 5) is 31.4. The zero-order valence-electron chi connectivity index (χ0n) is 19.8. The van der Waals surface area contributed by atoms with E-state index in [-0.39, 0.29) is 36.0 Å². The third kappa shape index (κ3) is 4.93. The molecule has 0 saturated heterocycles. The fourth-order valence-electron chi connectivity index (χ4n) is 3.97. The average molecular weight is 501 g/mol. The molecule has 1 atom stereocenters. The molecule has 4 N–H and O–H groups in total. The van der Waals surface area contributed by atoms with Crippen LogP contribution in [0.2, 0.25) is 0 Å². The number of para-hydroxylation sites is 1. The van der Waals surface area contributed by atoms with Gasteiger partial charge in [-0.05, 0) is 35.0 Å². The van der Waals surface area contributed by atoms with Gasteiger partial charge in [-0.3, -0.25) is 14.3 Å². The lowest BCUT2D eigenvalue weighted by Gasteiger charge is -2.15. The summed E-state index contributed by atoms with van der Waals surface area (Å²) in [6.07, 6.45) is 0.366. The number of phenols is 1. The number of benzene rings is 3. The number of aromatic nitrogens is 4. The molecule has 0 saturated carbocycles. The van der Waals surface area contributed by atoms with Gasteiger partial charge >= 0.3 is 5.69 Å². The van der Waals surface area contributed by atoms with Crippen LogP contribution in [-0.4, -0.2) is 48.2 Å². The first kappa shape index (κ1) is 23.8. The molecule has 0 radical (unpaired) electrons. The largest absolute Gasteiger partial charge is 0.507 e. The SMILES string of the molecule is Cn1c(=O)[nH]c(=O)c2c1nc(NN=Cc1ccccc1O)n2CC(O)COc1ccc2ccccc2c1. The van der Waals surface area contributed by atoms with Crippen LogP contribution < -0.4 is 21.4 Å². The van der Waals surface area contributed by atoms with Crippen LogP contribution in [-0.2, 0) is 13.6 Å². The zero-order chi connectivity index (χ0) is 25.9. The van der Waals surface area contributed by atoms with Gasteiger partial charge in [0.25, 0.3) is 5.56 Å². The lowest BCUT2D eigenvalue weighted by molar-refractivity contribution is 0.0939. The number of H-pyrrole nitrogens is 1. The maximum Gasteiger partial charge on any atom is 0.329 e. The first-order valence-corrected chi connectivity index (χ1v) is 11.5. The van der Waals surface area contributed by atoms with Crippen molar-refractivity contribution in [3.8, 4) is 11.5 Å². The molecule has 188 valence electrons. The van der Waals surface area contributed by atoms with E-state index in [0.717, 1.165) is 10.8 Å². The van der Waals surface area contributed by atoms with Crippen molar-refractivity contribution >= 4 is 34.1 Å². The lowest BCUT2D eigenvalue weighted by Crippen LogP contribution is -2.30. The minimum atomic E-state index is -1.02. The van der Waals surface area contributed by atoms with Gasteiger partial charge in [-0.25, -0.2) is 10.2 Å². The molecule has 0 aliphatic rings. The van der Waals surface area contributed by atoms with Gasteiger partial charge in [-0.15, -0.1) is 0 Å². The van der Waals surface area contributed by atoms with E-state index < -0.39 is 17.4 Å². The van der Waals surface area contributed by atoms with Crippen LogP contribution in [0.25, 0.3) is 21.9 Å². The number of nitrogens with zero attached hydrogens (tertiary/aromatic N) is 4. The zero-order valence-corrected chi connectivity index (χ0v) is 19.8. The van der Waals surface area contributed by atoms with Crippen LogP contribution >= 0.6 is 0 Å². The normalized spacial score (nSPS) is 12.4. The summed E-state index contributed by atoms with van der Waals surface area (Å²) in [5.41, 5.74) is 2.15. The Morgan fingerprint density at radius 1 is 1.11 bits per heavy atom. The fourth-order valence-corrected chi connectivity index (χ4v) is 3.97. The highest BCUT2D eigenvalue weighted by atomic mass is 16.5. The Morgan fingerprint density at radius 3 is 2.68 bits per heavy atom. The number of aliphatic hydroxyl groups excluding tert-OH is 1. The van der Waals surface area contributed by atoms with Crippen LogP contribution in [0, 0.1) is 0 Å². The van der Waals surface area contributed by atoms with Gasteiger partial charge in [-0.2, -0.15) is 10.1 Å². The number of hydrogen-bond donors (Lipinski definition) is 4. The third-order valence-electron chi connectivity index (χ3n) is 5.87. The second kappa shape index (κ2) is 9.99. The van der Waals surface area contributed by atoms with E-state index in [0.29, 0.717) is 11.3 Å². The van der Waals surface area contributed by atoms with Gasteiger partial charge in [0.2, 0.25) is 5.95 Å². The van der Waals surface area contributed by atoms with E-state index in [1.807, 2.05) is 42.5 Å². The van der Waals surface area contributed by atoms with E-state index in [2.05, 4.69) is 20.5 Å². The van der Waals surface area contributed by atoms with E-state index in [1.165, 1.54) is 28.5 Å². The predicted molar refractivity (Wildman–Crippen MR) is 140 cm³/mol. The van der Waals surface area contributed by atoms with Gasteiger partial charge < -0.3 is 19.5 Å². The van der Waals surface area contributed by atoms with Crippen LogP contribution in [0.1, 0.15) is 5.56 Å². The van der Waals surface area contributed by atoms with Gasteiger partial charge in [0.1, 0.15) is 24.2 Å². The molecule has 11 heteroatoms. The van der Waals surface area contributed by atoms with E-state index in [1.54, 1.807) is 18.2 Å². The number of aryl methyl sites for hydroxylation is 1. The molecule has 0 fully saturated rings. The Kier molecular flexibility index (Phi) is 6.43. The van der Waals surface area contributed by atoms with Gasteiger partial charge in [-0.1, -0.05) is 42.5 Å². The Morgan fingerprint density at radius 2 is 1.86 bits per heavy atom. The van der Waals surface area contributed by atoms with Crippen LogP contribution in [0.5, 0.6) is 11.5 Å². The number of aliphatic hydroxyl groups is 1. The number of anilines is 1. The third-order valence-corrected chi connectivity index (χ3v) is 5.87. The van der Waals surface area contributed by atoms with Crippen molar-refractivity contribution in [2.75, 3.05) is 12.0 Å². The van der Waals surface area contributed by atoms with Crippen molar-refractivity contribution in [3.63, 3.8) is 0 Å². The highest BCUT2D eigenvalue weighted by molar-refractivity contribution is 5.84. The van der Waals surface area contributed by atoms with Crippen molar-refractivity contribution in [2.45, 2.75) is 12.6 Å². The molecular weight excluding hydrogens is 476 g/mol. The Hall–Kier alpha value is -4.90. The van der Waals surface area contributed by atoms with Crippen molar-refractivity contribution in [3.05, 3.63) is 93.1 Å². The molecule has 0 spiro atoms. The van der Waals surface area contributed by atoms with E-state index in [4.69, 9.17) is 4.74 Å². The number of aromatic amines is 1. The van der Waals surface area contributed by atoms with Crippen LogP contribution in [0.4, 0.5) is 5.95 Å². The van der Waals surface area contributed by atoms with Crippen molar-refractivity contribution in [2.24, 2.45) is 12.1 Å². The Balaban J connectivity index is 1.41. The molecule has 1 unspecified atom stereocenters. The number of hydrazone groups is 1. The molecule has 5 aromatic rings. The van der Waals surface area contributed by atoms with Crippen molar-refractivity contribution < 1.29 is 14.9 Å². The number of rotatable bonds is 8. The summed E-state index contributed by atoms with van der Waals surface area (Å²) in [6.45, 7) is -0.123. The van der Waals surface area contributed by atoms with Crippen LogP contribution in [0.3, 0.4) is 0 Å². The van der Waals surface area contributed by atoms with Gasteiger partial charge in [0, 0.05) is 12.6 Å². The Labute approximate surface area is 209 Å². The minimum Gasteiger partial charge on any atom is -0.507 e. The standard InChI is InChI=1S/C26H24N6O5/c1-31-23-22(24(35)29-26(31)36)32(25(28-23)30-27-13-18-8-4-5-9-21(18)34)14-19(33)15-37-20-11-10-16-6-2-3-7-17(16)12-20/h2-13,19,33-34H,14-15H2,1H3,(H,28,30)(H,29,35,36). The number of fused-ring (bicyclic) bond motifs is 2. The summed E-state index contributed by atoms with van der Waals surface area (Å²) in [5, 5.41) is 26.9. The van der Waals surface area contributed by atoms with E-state index in [9.17, 15) is 19.8 Å². The molecule has 0 aliphatic carbocycles. The molecule has 2 aromatic heterocycles. The number of imidazole rings is 1. The van der Waals surface area contributed by atoms with E-state index >= 15 is 0 Å². The summed E-state index contributed by atoms with van der Waals surface area (Å²) in [6, 6.07) is 20.1. The fraction of sp³-hybridized carbons (Fsp3) is 0.154. The highest BCUT2D eigenvalue weighted by Gasteiger charge is 2.20. The molecule has 5 rings (SSSR count). The summed E-state index contributed by atoms with van der Waals surface area (Å²) in [5.74, 6) is 0.763. The average Bonchev–Trinajstić information content (AvgIpc) is 3.25. The molecule has 3 aromatic carbocycles. The maximum absolute atomic E-state index is 12.7. The second-order valence-electron chi connectivity index (χ2n) is 8.44. The lowest BCUT2D eigenvalue weighted by atomic mass is 10.1. The predicted octanol–water partition coefficient (Wildman–Crippen LogP) is 2.17. The molecule has 11 nitrogen and oxygen atoms in total. The summed E-state index contributed by atoms with van der Waals surface area (Å²) >= 11 is 0. The molecule has 0 aliphatic heterocycles. The molecule has 37 heavy (non-hydrogen) atoms. The molecular formula is C26H24N6O5. The summed E-state index contributed by atoms with van der Waals surface area (Å²) in [7, 11) is 1.48. The topological polar surface area (TPSA) is 147 Å². The molecule has 0 amide bonds. The Bertz CT molecular complexity index is 1740. The first-order valence-electron chi connectivity index (χ1n) is 11.5. The smallest absolute Gasteiger partial charge is 0.329 e. The highest BCUT2D eigenvalue weighted by Crippen LogP contribution is 2.21. The quantitative estimate of drug-likeness (QED) is 0.189. The van der Waals surface area contributed by atoms with Gasteiger partial charge in [0.15, 0.2) is 11.2 Å². The monoisotopic (exact) mass is 500 g/mol. The van der Waals surface area contributed by atoms with Crippen molar-refractivity contribution in [1.82, 2.24) is 19.1 Å².